The molecule has 0 bridgehead atoms. The maximum absolute atomic E-state index is 13.0. The third-order valence-corrected chi connectivity index (χ3v) is 6.19. The van der Waals surface area contributed by atoms with Crippen LogP contribution in [0.3, 0.4) is 0 Å². The molecule has 2 saturated heterocycles. The maximum atomic E-state index is 13.0. The van der Waals surface area contributed by atoms with Crippen LogP contribution in [-0.4, -0.2) is 54.3 Å². The lowest BCUT2D eigenvalue weighted by Crippen LogP contribution is -2.58. The summed E-state index contributed by atoms with van der Waals surface area (Å²) in [5, 5.41) is 3.01. The van der Waals surface area contributed by atoms with Crippen LogP contribution in [0.25, 0.3) is 0 Å². The Kier molecular flexibility index (Phi) is 4.75. The van der Waals surface area contributed by atoms with Crippen LogP contribution in [0.5, 0.6) is 0 Å². The first-order chi connectivity index (χ1) is 12.1. The summed E-state index contributed by atoms with van der Waals surface area (Å²) >= 11 is 0. The van der Waals surface area contributed by atoms with Gasteiger partial charge in [0, 0.05) is 19.1 Å². The van der Waals surface area contributed by atoms with Gasteiger partial charge in [-0.15, -0.1) is 0 Å². The Labute approximate surface area is 149 Å². The van der Waals surface area contributed by atoms with E-state index in [2.05, 4.69) is 12.2 Å². The van der Waals surface area contributed by atoms with Crippen molar-refractivity contribution < 1.29 is 19.1 Å². The van der Waals surface area contributed by atoms with Gasteiger partial charge in [-0.05, 0) is 50.9 Å². The van der Waals surface area contributed by atoms with E-state index in [0.717, 1.165) is 51.6 Å². The Bertz CT molecular complexity index is 530. The zero-order chi connectivity index (χ0) is 17.4. The molecular weight excluding hydrogens is 320 g/mol. The van der Waals surface area contributed by atoms with Gasteiger partial charge in [-0.2, -0.15) is 0 Å². The second-order valence-corrected chi connectivity index (χ2v) is 8.34. The largest absolute Gasteiger partial charge is 0.376 e. The summed E-state index contributed by atoms with van der Waals surface area (Å²) in [6.07, 6.45) is 7.99. The molecule has 0 aromatic carbocycles. The predicted octanol–water partition coefficient (Wildman–Crippen LogP) is 1.83. The van der Waals surface area contributed by atoms with Crippen molar-refractivity contribution in [1.29, 1.82) is 0 Å². The minimum Gasteiger partial charge on any atom is -0.376 e. The van der Waals surface area contributed by atoms with E-state index in [9.17, 15) is 9.59 Å². The van der Waals surface area contributed by atoms with E-state index in [1.54, 1.807) is 0 Å². The quantitative estimate of drug-likeness (QED) is 0.840. The highest BCUT2D eigenvalue weighted by atomic mass is 16.5. The number of amides is 2. The molecule has 0 aromatic heterocycles. The van der Waals surface area contributed by atoms with E-state index in [0.29, 0.717) is 19.1 Å². The van der Waals surface area contributed by atoms with Crippen LogP contribution >= 0.6 is 0 Å². The topological polar surface area (TPSA) is 67.9 Å². The summed E-state index contributed by atoms with van der Waals surface area (Å²) < 4.78 is 11.8. The summed E-state index contributed by atoms with van der Waals surface area (Å²) in [5.74, 6) is 0.671. The number of carbonyl (C=O) groups excluding carboxylic acids is 2. The highest BCUT2D eigenvalue weighted by molar-refractivity contribution is 5.90. The zero-order valence-electron chi connectivity index (χ0n) is 15.2. The van der Waals surface area contributed by atoms with Gasteiger partial charge in [-0.1, -0.05) is 13.3 Å². The third kappa shape index (κ3) is 3.43. The Hall–Kier alpha value is -1.14. The van der Waals surface area contributed by atoms with Crippen molar-refractivity contribution in [3.05, 3.63) is 0 Å². The first kappa shape index (κ1) is 17.3. The standard InChI is InChI=1S/C19H30N2O4/c1-13-4-2-8-19(10-13)21(18(23)14-6-7-14)16(12-25-19)17(22)20-11-15-5-3-9-24-15/h13-16H,2-12H2,1H3,(H,20,22)/t13-,15-,16-,19+/m0/s1. The molecule has 2 heterocycles. The van der Waals surface area contributed by atoms with Crippen molar-refractivity contribution in [2.75, 3.05) is 19.8 Å². The molecule has 2 aliphatic heterocycles. The van der Waals surface area contributed by atoms with Crippen LogP contribution < -0.4 is 5.32 Å². The molecule has 1 N–H and O–H groups in total. The van der Waals surface area contributed by atoms with Crippen LogP contribution in [0.2, 0.25) is 0 Å². The Morgan fingerprint density at radius 1 is 1.20 bits per heavy atom. The minimum atomic E-state index is -0.552. The summed E-state index contributed by atoms with van der Waals surface area (Å²) in [5.41, 5.74) is -0.552. The molecule has 1 spiro atoms. The molecule has 25 heavy (non-hydrogen) atoms. The van der Waals surface area contributed by atoms with Crippen molar-refractivity contribution in [3.8, 4) is 0 Å². The monoisotopic (exact) mass is 350 g/mol. The molecule has 0 unspecified atom stereocenters. The Morgan fingerprint density at radius 3 is 2.72 bits per heavy atom. The van der Waals surface area contributed by atoms with E-state index in [-0.39, 0.29) is 23.8 Å². The number of rotatable bonds is 4. The molecule has 4 fully saturated rings. The van der Waals surface area contributed by atoms with E-state index in [4.69, 9.17) is 9.47 Å². The van der Waals surface area contributed by atoms with Crippen LogP contribution in [0.1, 0.15) is 58.3 Å². The second-order valence-electron chi connectivity index (χ2n) is 8.34. The fraction of sp³-hybridized carbons (Fsp3) is 0.895. The summed E-state index contributed by atoms with van der Waals surface area (Å²) in [7, 11) is 0. The van der Waals surface area contributed by atoms with E-state index in [1.807, 2.05) is 4.90 Å². The van der Waals surface area contributed by atoms with Crippen molar-refractivity contribution in [1.82, 2.24) is 10.2 Å². The van der Waals surface area contributed by atoms with Gasteiger partial charge in [0.1, 0.15) is 11.8 Å². The fourth-order valence-electron chi connectivity index (χ4n) is 4.70. The maximum Gasteiger partial charge on any atom is 0.245 e. The number of hydrogen-bond acceptors (Lipinski definition) is 4. The predicted molar refractivity (Wildman–Crippen MR) is 91.7 cm³/mol. The van der Waals surface area contributed by atoms with Crippen molar-refractivity contribution >= 4 is 11.8 Å². The van der Waals surface area contributed by atoms with Gasteiger partial charge in [-0.3, -0.25) is 14.5 Å². The van der Waals surface area contributed by atoms with E-state index in [1.165, 1.54) is 6.42 Å². The molecule has 0 radical (unpaired) electrons. The third-order valence-electron chi connectivity index (χ3n) is 6.19. The van der Waals surface area contributed by atoms with Crippen molar-refractivity contribution in [3.63, 3.8) is 0 Å². The molecule has 140 valence electrons. The molecule has 2 aliphatic carbocycles. The first-order valence-corrected chi connectivity index (χ1v) is 9.95. The van der Waals surface area contributed by atoms with E-state index >= 15 is 0 Å². The van der Waals surface area contributed by atoms with Gasteiger partial charge < -0.3 is 14.8 Å². The van der Waals surface area contributed by atoms with Crippen LogP contribution in [-0.2, 0) is 19.1 Å². The molecule has 6 heteroatoms. The lowest BCUT2D eigenvalue weighted by molar-refractivity contribution is -0.164. The van der Waals surface area contributed by atoms with Gasteiger partial charge >= 0.3 is 0 Å². The lowest BCUT2D eigenvalue weighted by Gasteiger charge is -2.43. The Morgan fingerprint density at radius 2 is 2.04 bits per heavy atom. The summed E-state index contributed by atoms with van der Waals surface area (Å²) in [4.78, 5) is 27.7. The SMILES string of the molecule is C[C@H]1CCC[C@]2(C1)OC[C@@H](C(=O)NC[C@@H]1CCCO1)N2C(=O)C1CC1. The number of ether oxygens (including phenoxy) is 2. The average Bonchev–Trinajstić information content (AvgIpc) is 3.20. The smallest absolute Gasteiger partial charge is 0.245 e. The molecular formula is C19H30N2O4. The fourth-order valence-corrected chi connectivity index (χ4v) is 4.70. The highest BCUT2D eigenvalue weighted by Crippen LogP contribution is 2.45. The minimum absolute atomic E-state index is 0.0837. The number of nitrogens with one attached hydrogen (secondary N) is 1. The van der Waals surface area contributed by atoms with Gasteiger partial charge in [0.15, 0.2) is 0 Å². The molecule has 2 amide bonds. The summed E-state index contributed by atoms with van der Waals surface area (Å²) in [6, 6.07) is -0.486. The van der Waals surface area contributed by atoms with E-state index < -0.39 is 11.8 Å². The summed E-state index contributed by atoms with van der Waals surface area (Å²) in [6.45, 7) is 3.85. The molecule has 2 saturated carbocycles. The van der Waals surface area contributed by atoms with Gasteiger partial charge in [0.05, 0.1) is 12.7 Å². The van der Waals surface area contributed by atoms with Crippen molar-refractivity contribution in [2.45, 2.75) is 76.2 Å². The molecule has 4 atom stereocenters. The number of nitrogens with zero attached hydrogens (tertiary/aromatic N) is 1. The van der Waals surface area contributed by atoms with Gasteiger partial charge in [-0.25, -0.2) is 0 Å². The Balaban J connectivity index is 1.47. The van der Waals surface area contributed by atoms with Crippen molar-refractivity contribution in [2.24, 2.45) is 11.8 Å². The molecule has 4 aliphatic rings. The number of hydrogen-bond donors (Lipinski definition) is 1. The normalized spacial score (nSPS) is 38.3. The molecule has 0 aromatic rings. The second kappa shape index (κ2) is 6.88. The number of carbonyl (C=O) groups is 2. The average molecular weight is 350 g/mol. The van der Waals surface area contributed by atoms with Crippen LogP contribution in [0, 0.1) is 11.8 Å². The first-order valence-electron chi connectivity index (χ1n) is 9.95. The van der Waals surface area contributed by atoms with Crippen LogP contribution in [0.4, 0.5) is 0 Å². The molecule has 6 nitrogen and oxygen atoms in total. The lowest BCUT2D eigenvalue weighted by atomic mass is 9.83. The highest BCUT2D eigenvalue weighted by Gasteiger charge is 2.55. The van der Waals surface area contributed by atoms with Gasteiger partial charge in [0.2, 0.25) is 11.8 Å². The van der Waals surface area contributed by atoms with Gasteiger partial charge in [0.25, 0.3) is 0 Å². The zero-order valence-corrected chi connectivity index (χ0v) is 15.2. The molecule has 4 rings (SSSR count). The van der Waals surface area contributed by atoms with Crippen LogP contribution in [0.15, 0.2) is 0 Å².